The number of halogens is 1. The highest BCUT2D eigenvalue weighted by molar-refractivity contribution is 6.32. The fraction of sp³-hybridized carbons (Fsp3) is 0.227. The first-order valence-electron chi connectivity index (χ1n) is 9.00. The summed E-state index contributed by atoms with van der Waals surface area (Å²) in [6.07, 6.45) is 2.31. The highest BCUT2D eigenvalue weighted by Gasteiger charge is 2.14. The number of carbonyl (C=O) groups excluding carboxylic acids is 1. The average molecular weight is 410 g/mol. The number of hydrogen-bond acceptors (Lipinski definition) is 5. The molecule has 148 valence electrons. The summed E-state index contributed by atoms with van der Waals surface area (Å²) in [6.45, 7) is 4.01. The van der Waals surface area contributed by atoms with E-state index < -0.39 is 5.91 Å². The smallest absolute Gasteiger partial charge is 0.266 e. The van der Waals surface area contributed by atoms with E-state index in [0.717, 1.165) is 12.0 Å². The van der Waals surface area contributed by atoms with Gasteiger partial charge in [-0.05, 0) is 54.8 Å². The second-order valence-electron chi connectivity index (χ2n) is 5.88. The van der Waals surface area contributed by atoms with E-state index >= 15 is 0 Å². The molecule has 2 aromatic carbocycles. The predicted molar refractivity (Wildman–Crippen MR) is 112 cm³/mol. The highest BCUT2D eigenvalue weighted by atomic mass is 35.5. The van der Waals surface area contributed by atoms with Crippen LogP contribution in [0, 0.1) is 22.7 Å². The summed E-state index contributed by atoms with van der Waals surface area (Å²) in [5, 5.41) is 21.1. The Bertz CT molecular complexity index is 986. The van der Waals surface area contributed by atoms with Gasteiger partial charge in [0.15, 0.2) is 18.1 Å². The van der Waals surface area contributed by atoms with Gasteiger partial charge < -0.3 is 14.8 Å². The Morgan fingerprint density at radius 2 is 1.90 bits per heavy atom. The molecule has 0 fully saturated rings. The van der Waals surface area contributed by atoms with Gasteiger partial charge in [-0.25, -0.2) is 0 Å². The van der Waals surface area contributed by atoms with Crippen molar-refractivity contribution in [1.82, 2.24) is 0 Å². The fourth-order valence-corrected chi connectivity index (χ4v) is 2.79. The lowest BCUT2D eigenvalue weighted by Gasteiger charge is -2.13. The molecule has 0 bridgehead atoms. The number of nitriles is 2. The van der Waals surface area contributed by atoms with Crippen LogP contribution in [-0.2, 0) is 11.2 Å². The Morgan fingerprint density at radius 1 is 1.17 bits per heavy atom. The molecule has 0 heterocycles. The molecule has 2 rings (SSSR count). The quantitative estimate of drug-likeness (QED) is 0.501. The molecule has 0 aliphatic carbocycles. The van der Waals surface area contributed by atoms with E-state index in [0.29, 0.717) is 23.6 Å². The molecule has 0 radical (unpaired) electrons. The number of hydrogen-bond donors (Lipinski definition) is 1. The molecule has 0 aromatic heterocycles. The van der Waals surface area contributed by atoms with Crippen LogP contribution in [0.3, 0.4) is 0 Å². The van der Waals surface area contributed by atoms with Crippen molar-refractivity contribution in [2.45, 2.75) is 20.3 Å². The molecule has 29 heavy (non-hydrogen) atoms. The van der Waals surface area contributed by atoms with Gasteiger partial charge in [0.05, 0.1) is 11.6 Å². The maximum Gasteiger partial charge on any atom is 0.266 e. The molecule has 6 nitrogen and oxygen atoms in total. The summed E-state index contributed by atoms with van der Waals surface area (Å²) in [6, 6.07) is 14.3. The zero-order chi connectivity index (χ0) is 21.2. The second-order valence-corrected chi connectivity index (χ2v) is 6.29. The zero-order valence-electron chi connectivity index (χ0n) is 16.2. The Kier molecular flexibility index (Phi) is 8.09. The molecule has 2 aromatic rings. The molecule has 0 atom stereocenters. The van der Waals surface area contributed by atoms with E-state index in [4.69, 9.17) is 26.3 Å². The van der Waals surface area contributed by atoms with Gasteiger partial charge in [0.25, 0.3) is 5.91 Å². The Morgan fingerprint density at radius 3 is 2.48 bits per heavy atom. The van der Waals surface area contributed by atoms with E-state index in [2.05, 4.69) is 5.32 Å². The van der Waals surface area contributed by atoms with E-state index in [9.17, 15) is 10.1 Å². The molecule has 0 saturated carbocycles. The van der Waals surface area contributed by atoms with Crippen LogP contribution >= 0.6 is 11.6 Å². The first-order chi connectivity index (χ1) is 14.0. The summed E-state index contributed by atoms with van der Waals surface area (Å²) in [4.78, 5) is 12.5. The number of anilines is 1. The van der Waals surface area contributed by atoms with Crippen molar-refractivity contribution >= 4 is 29.3 Å². The van der Waals surface area contributed by atoms with Gasteiger partial charge in [-0.2, -0.15) is 10.5 Å². The van der Waals surface area contributed by atoms with Crippen LogP contribution in [0.1, 0.15) is 25.0 Å². The maximum absolute atomic E-state index is 12.5. The van der Waals surface area contributed by atoms with Gasteiger partial charge in [-0.1, -0.05) is 30.7 Å². The lowest BCUT2D eigenvalue weighted by Crippen LogP contribution is -2.13. The molecule has 0 unspecified atom stereocenters. The fourth-order valence-electron chi connectivity index (χ4n) is 2.52. The topological polar surface area (TPSA) is 95.1 Å². The molecule has 0 aliphatic heterocycles. The summed E-state index contributed by atoms with van der Waals surface area (Å²) >= 11 is 6.24. The van der Waals surface area contributed by atoms with Crippen LogP contribution in [0.5, 0.6) is 11.5 Å². The third kappa shape index (κ3) is 6.00. The van der Waals surface area contributed by atoms with Gasteiger partial charge in [0.2, 0.25) is 0 Å². The number of benzene rings is 2. The first kappa shape index (κ1) is 21.8. The van der Waals surface area contributed by atoms with Crippen molar-refractivity contribution in [1.29, 1.82) is 10.5 Å². The third-order valence-electron chi connectivity index (χ3n) is 3.91. The van der Waals surface area contributed by atoms with Crippen molar-refractivity contribution in [3.8, 4) is 23.6 Å². The predicted octanol–water partition coefficient (Wildman–Crippen LogP) is 4.75. The highest BCUT2D eigenvalue weighted by Crippen LogP contribution is 2.37. The first-order valence-corrected chi connectivity index (χ1v) is 9.38. The average Bonchev–Trinajstić information content (AvgIpc) is 2.72. The molecule has 0 aliphatic rings. The lowest BCUT2D eigenvalue weighted by molar-refractivity contribution is -0.112. The van der Waals surface area contributed by atoms with Gasteiger partial charge >= 0.3 is 0 Å². The lowest BCUT2D eigenvalue weighted by atomic mass is 10.1. The third-order valence-corrected chi connectivity index (χ3v) is 4.19. The van der Waals surface area contributed by atoms with Gasteiger partial charge in [0.1, 0.15) is 17.7 Å². The van der Waals surface area contributed by atoms with Gasteiger partial charge in [-0.3, -0.25) is 4.79 Å². The number of carbonyl (C=O) groups is 1. The zero-order valence-corrected chi connectivity index (χ0v) is 16.9. The van der Waals surface area contributed by atoms with E-state index in [1.54, 1.807) is 25.1 Å². The molecule has 1 amide bonds. The van der Waals surface area contributed by atoms with Crippen molar-refractivity contribution < 1.29 is 14.3 Å². The number of nitrogens with one attached hydrogen (secondary N) is 1. The molecule has 1 N–H and O–H groups in total. The summed E-state index contributed by atoms with van der Waals surface area (Å²) in [7, 11) is 0. The van der Waals surface area contributed by atoms with Crippen LogP contribution in [0.25, 0.3) is 6.08 Å². The number of ether oxygens (including phenoxy) is 2. The maximum atomic E-state index is 12.5. The van der Waals surface area contributed by atoms with Gasteiger partial charge in [0, 0.05) is 5.69 Å². The Labute approximate surface area is 174 Å². The van der Waals surface area contributed by atoms with E-state index in [-0.39, 0.29) is 23.0 Å². The minimum atomic E-state index is -0.532. The Balaban J connectivity index is 2.29. The Hall–Kier alpha value is -3.48. The minimum Gasteiger partial charge on any atom is -0.490 e. The summed E-state index contributed by atoms with van der Waals surface area (Å²) in [5.41, 5.74) is 2.15. The number of amides is 1. The minimum absolute atomic E-state index is 0.0891. The van der Waals surface area contributed by atoms with Crippen LogP contribution in [0.15, 0.2) is 42.0 Å². The number of rotatable bonds is 8. The number of aryl methyl sites for hydroxylation is 1. The van der Waals surface area contributed by atoms with Crippen molar-refractivity contribution in [2.75, 3.05) is 18.5 Å². The summed E-state index contributed by atoms with van der Waals surface area (Å²) < 4.78 is 10.8. The van der Waals surface area contributed by atoms with Crippen molar-refractivity contribution in [2.24, 2.45) is 0 Å². The van der Waals surface area contributed by atoms with Crippen molar-refractivity contribution in [3.05, 3.63) is 58.1 Å². The van der Waals surface area contributed by atoms with Gasteiger partial charge in [-0.15, -0.1) is 0 Å². The normalized spacial score (nSPS) is 10.6. The second kappa shape index (κ2) is 10.8. The molecule has 0 saturated heterocycles. The largest absolute Gasteiger partial charge is 0.490 e. The number of nitrogens with zero attached hydrogens (tertiary/aromatic N) is 2. The SMILES string of the molecule is CCOc1cc(/C=C(\C#N)C(=O)Nc2ccc(CC)cc2)cc(Cl)c1OCC#N. The van der Waals surface area contributed by atoms with Crippen molar-refractivity contribution in [3.63, 3.8) is 0 Å². The molecular weight excluding hydrogens is 390 g/mol. The van der Waals surface area contributed by atoms with E-state index in [1.165, 1.54) is 12.1 Å². The molecule has 0 spiro atoms. The van der Waals surface area contributed by atoms with Crippen LogP contribution in [-0.4, -0.2) is 19.1 Å². The van der Waals surface area contributed by atoms with E-state index in [1.807, 2.05) is 31.2 Å². The molecular formula is C22H20ClN3O3. The monoisotopic (exact) mass is 409 g/mol. The summed E-state index contributed by atoms with van der Waals surface area (Å²) in [5.74, 6) is 0.0381. The van der Waals surface area contributed by atoms with Crippen LogP contribution in [0.4, 0.5) is 5.69 Å². The molecule has 7 heteroatoms. The standard InChI is InChI=1S/C22H20ClN3O3/c1-3-15-5-7-18(8-6-15)26-22(27)17(14-25)11-16-12-19(23)21(29-10-9-24)20(13-16)28-4-2/h5-8,11-13H,3-4,10H2,1-2H3,(H,26,27)/b17-11+. The van der Waals surface area contributed by atoms with Crippen LogP contribution in [0.2, 0.25) is 5.02 Å². The van der Waals surface area contributed by atoms with Crippen LogP contribution < -0.4 is 14.8 Å².